The Hall–Kier alpha value is -9.12. The molecule has 3 aliphatic rings. The quantitative estimate of drug-likeness (QED) is 0.137. The summed E-state index contributed by atoms with van der Waals surface area (Å²) in [5.41, 5.74) is 24.4. The molecule has 13 aromatic rings. The van der Waals surface area contributed by atoms with E-state index in [9.17, 15) is 0 Å². The fourth-order valence-corrected chi connectivity index (χ4v) is 16.1. The molecule has 2 aromatic heterocycles. The van der Waals surface area contributed by atoms with Gasteiger partial charge in [0.25, 0.3) is 0 Å². The van der Waals surface area contributed by atoms with Gasteiger partial charge in [0, 0.05) is 44.0 Å². The van der Waals surface area contributed by atoms with Crippen LogP contribution >= 0.6 is 0 Å². The Morgan fingerprint density at radius 1 is 0.329 bits per heavy atom. The van der Waals surface area contributed by atoms with Crippen molar-refractivity contribution in [2.75, 3.05) is 9.80 Å². The minimum Gasteiger partial charge on any atom is -0.454 e. The molecular weight excluding hydrogens is 1030 g/mol. The van der Waals surface area contributed by atoms with Crippen LogP contribution in [-0.2, 0) is 5.41 Å². The minimum absolute atomic E-state index is 0.495. The van der Waals surface area contributed by atoms with Crippen LogP contribution in [0.3, 0.4) is 0 Å². The smallest absolute Gasteiger partial charge is 0.159 e. The molecule has 4 heteroatoms. The summed E-state index contributed by atoms with van der Waals surface area (Å²) in [6.45, 7) is 8.89. The Morgan fingerprint density at radius 3 is 1.28 bits per heavy atom. The Bertz CT molecular complexity index is 4660. The molecule has 11 aromatic carbocycles. The second-order valence-electron chi connectivity index (χ2n) is 25.1. The lowest BCUT2D eigenvalue weighted by molar-refractivity contribution is 0.442. The zero-order valence-electron chi connectivity index (χ0n) is 49.2. The number of para-hydroxylation sites is 4. The van der Waals surface area contributed by atoms with E-state index in [1.165, 1.54) is 153 Å². The molecule has 0 bridgehead atoms. The van der Waals surface area contributed by atoms with Crippen molar-refractivity contribution in [1.29, 1.82) is 0 Å². The lowest BCUT2D eigenvalue weighted by Crippen LogP contribution is -2.29. The molecule has 416 valence electrons. The van der Waals surface area contributed by atoms with Crippen LogP contribution in [0.2, 0.25) is 0 Å². The Balaban J connectivity index is 0.976. The molecule has 0 amide bonds. The van der Waals surface area contributed by atoms with Crippen LogP contribution < -0.4 is 9.80 Å². The summed E-state index contributed by atoms with van der Waals surface area (Å²) in [6, 6.07) is 82.9. The maximum atomic E-state index is 7.43. The van der Waals surface area contributed by atoms with Crippen molar-refractivity contribution in [3.05, 3.63) is 274 Å². The van der Waals surface area contributed by atoms with Gasteiger partial charge in [0.2, 0.25) is 0 Å². The van der Waals surface area contributed by atoms with Gasteiger partial charge in [-0.25, -0.2) is 0 Å². The molecule has 0 aliphatic heterocycles. The van der Waals surface area contributed by atoms with Gasteiger partial charge in [-0.2, -0.15) is 0 Å². The number of furan rings is 2. The predicted molar refractivity (Wildman–Crippen MR) is 356 cm³/mol. The van der Waals surface area contributed by atoms with Crippen LogP contribution in [0.1, 0.15) is 132 Å². The summed E-state index contributed by atoms with van der Waals surface area (Å²) in [5, 5.41) is 7.04. The lowest BCUT2D eigenvalue weighted by Gasteiger charge is -2.36. The summed E-state index contributed by atoms with van der Waals surface area (Å²) < 4.78 is 14.8. The van der Waals surface area contributed by atoms with Gasteiger partial charge in [-0.1, -0.05) is 202 Å². The average molecular weight is 1100 g/mol. The van der Waals surface area contributed by atoms with E-state index < -0.39 is 5.41 Å². The van der Waals surface area contributed by atoms with Gasteiger partial charge in [0.15, 0.2) is 11.2 Å². The summed E-state index contributed by atoms with van der Waals surface area (Å²) in [4.78, 5) is 5.01. The van der Waals surface area contributed by atoms with Crippen molar-refractivity contribution < 1.29 is 8.83 Å². The first-order valence-corrected chi connectivity index (χ1v) is 31.3. The van der Waals surface area contributed by atoms with Crippen LogP contribution in [0.25, 0.3) is 65.8 Å². The van der Waals surface area contributed by atoms with E-state index in [4.69, 9.17) is 8.83 Å². The molecule has 0 atom stereocenters. The third-order valence-electron chi connectivity index (χ3n) is 19.6. The van der Waals surface area contributed by atoms with Crippen molar-refractivity contribution in [3.63, 3.8) is 0 Å². The third-order valence-corrected chi connectivity index (χ3v) is 19.6. The Labute approximate surface area is 499 Å². The van der Waals surface area contributed by atoms with Crippen LogP contribution in [0.4, 0.5) is 34.1 Å². The molecule has 2 saturated carbocycles. The third kappa shape index (κ3) is 8.30. The second-order valence-corrected chi connectivity index (χ2v) is 25.1. The molecular formula is C81H70N2O2. The predicted octanol–water partition coefficient (Wildman–Crippen LogP) is 23.3. The fourth-order valence-electron chi connectivity index (χ4n) is 16.1. The van der Waals surface area contributed by atoms with E-state index in [1.807, 2.05) is 0 Å². The van der Waals surface area contributed by atoms with Gasteiger partial charge in [0.05, 0.1) is 22.5 Å². The van der Waals surface area contributed by atoms with E-state index in [1.54, 1.807) is 0 Å². The van der Waals surface area contributed by atoms with E-state index in [0.717, 1.165) is 67.2 Å². The monoisotopic (exact) mass is 1100 g/mol. The standard InChI is InChI=1S/C81H70N2O2/c1-51-43-52(2)46-60(45-51)82(73-39-21-37-68-66-35-19-33-62(77(66)84-79(68)73)55-23-9-5-10-24-55)59-41-42-70-71(49-59)81(57-27-13-7-14-28-57,58-29-15-8-16-30-58)72-50-75(64-31-17-18-32-65(64)76(70)72)83(61-47-53(3)44-54(4)48-61)74-40-22-38-69-67-36-20-34-63(78(67)85-80(69)74)56-25-11-6-12-26-56/h7-8,13-22,27-50,55-56H,5-6,9-12,23-26H2,1-4H3. The highest BCUT2D eigenvalue weighted by molar-refractivity contribution is 6.16. The highest BCUT2D eigenvalue weighted by Crippen LogP contribution is 2.61. The Kier molecular flexibility index (Phi) is 12.5. The summed E-state index contributed by atoms with van der Waals surface area (Å²) >= 11 is 0. The molecule has 16 rings (SSSR count). The zero-order valence-corrected chi connectivity index (χ0v) is 49.2. The SMILES string of the molecule is Cc1cc(C)cc(N(c2ccc3c(c2)C(c2ccccc2)(c2ccccc2)c2cc(N(c4cc(C)cc(C)c4)c4cccc5c4oc4c(C6CCCCC6)cccc45)c4ccccc4c2-3)c2cccc3c2oc2c(C4CCCCC4)cccc23)c1. The number of aryl methyl sites for hydroxylation is 4. The van der Waals surface area contributed by atoms with Crippen LogP contribution in [0.5, 0.6) is 0 Å². The molecule has 0 N–H and O–H groups in total. The van der Waals surface area contributed by atoms with Crippen molar-refractivity contribution in [2.24, 2.45) is 0 Å². The minimum atomic E-state index is -0.773. The first kappa shape index (κ1) is 51.5. The van der Waals surface area contributed by atoms with Crippen LogP contribution in [0.15, 0.2) is 227 Å². The molecule has 85 heavy (non-hydrogen) atoms. The largest absolute Gasteiger partial charge is 0.454 e. The summed E-state index contributed by atoms with van der Waals surface area (Å²) in [5.74, 6) is 0.997. The maximum absolute atomic E-state index is 7.43. The molecule has 4 nitrogen and oxygen atoms in total. The molecule has 0 saturated heterocycles. The van der Waals surface area contributed by atoms with E-state index in [0.29, 0.717) is 11.8 Å². The summed E-state index contributed by atoms with van der Waals surface area (Å²) in [7, 11) is 0. The van der Waals surface area contributed by atoms with Gasteiger partial charge < -0.3 is 18.6 Å². The van der Waals surface area contributed by atoms with E-state index >= 15 is 0 Å². The van der Waals surface area contributed by atoms with Crippen molar-refractivity contribution >= 4 is 88.8 Å². The number of nitrogens with zero attached hydrogens (tertiary/aromatic N) is 2. The van der Waals surface area contributed by atoms with Gasteiger partial charge in [-0.05, 0) is 192 Å². The number of benzene rings is 11. The number of fused-ring (bicyclic) bond motifs is 11. The topological polar surface area (TPSA) is 32.8 Å². The highest BCUT2D eigenvalue weighted by atomic mass is 16.3. The fraction of sp³-hybridized carbons (Fsp3) is 0.210. The average Bonchev–Trinajstić information content (AvgIpc) is 1.57. The molecule has 0 unspecified atom stereocenters. The molecule has 2 heterocycles. The second kappa shape index (κ2) is 20.6. The summed E-state index contributed by atoms with van der Waals surface area (Å²) in [6.07, 6.45) is 12.5. The number of hydrogen-bond acceptors (Lipinski definition) is 4. The van der Waals surface area contributed by atoms with Gasteiger partial charge in [0.1, 0.15) is 11.2 Å². The van der Waals surface area contributed by atoms with Crippen LogP contribution in [0, 0.1) is 27.7 Å². The number of hydrogen-bond donors (Lipinski definition) is 0. The van der Waals surface area contributed by atoms with Crippen molar-refractivity contribution in [3.8, 4) is 11.1 Å². The molecule has 2 fully saturated rings. The molecule has 3 aliphatic carbocycles. The number of anilines is 6. The van der Waals surface area contributed by atoms with Gasteiger partial charge >= 0.3 is 0 Å². The lowest BCUT2D eigenvalue weighted by atomic mass is 9.67. The molecule has 0 radical (unpaired) electrons. The van der Waals surface area contributed by atoms with E-state index in [-0.39, 0.29) is 0 Å². The highest BCUT2D eigenvalue weighted by Gasteiger charge is 2.48. The first-order chi connectivity index (χ1) is 41.8. The zero-order chi connectivity index (χ0) is 56.9. The van der Waals surface area contributed by atoms with Crippen molar-refractivity contribution in [2.45, 2.75) is 109 Å². The van der Waals surface area contributed by atoms with E-state index in [2.05, 4.69) is 256 Å². The Morgan fingerprint density at radius 2 is 0.765 bits per heavy atom. The molecule has 0 spiro atoms. The van der Waals surface area contributed by atoms with Gasteiger partial charge in [-0.3, -0.25) is 0 Å². The maximum Gasteiger partial charge on any atom is 0.159 e. The normalized spacial score (nSPS) is 15.3. The van der Waals surface area contributed by atoms with Crippen molar-refractivity contribution in [1.82, 2.24) is 0 Å². The van der Waals surface area contributed by atoms with Crippen LogP contribution in [-0.4, -0.2) is 0 Å². The number of rotatable bonds is 10. The van der Waals surface area contributed by atoms with Gasteiger partial charge in [-0.15, -0.1) is 0 Å². The first-order valence-electron chi connectivity index (χ1n) is 31.3.